The zero-order valence-electron chi connectivity index (χ0n) is 10.9. The Morgan fingerprint density at radius 1 is 1.47 bits per heavy atom. The van der Waals surface area contributed by atoms with Gasteiger partial charge < -0.3 is 11.1 Å². The average Bonchev–Trinajstić information content (AvgIpc) is 2.71. The van der Waals surface area contributed by atoms with Gasteiger partial charge in [0.25, 0.3) is 0 Å². The molecule has 0 fully saturated rings. The highest BCUT2D eigenvalue weighted by molar-refractivity contribution is 9.10. The van der Waals surface area contributed by atoms with Crippen LogP contribution in [0.4, 0.5) is 0 Å². The number of primary amides is 1. The van der Waals surface area contributed by atoms with Crippen LogP contribution in [0.3, 0.4) is 0 Å². The number of imidazole rings is 1. The van der Waals surface area contributed by atoms with Gasteiger partial charge in [-0.05, 0) is 29.8 Å². The number of hydrogen-bond acceptors (Lipinski definition) is 4. The number of hydrogen-bond donors (Lipinski definition) is 2. The van der Waals surface area contributed by atoms with Crippen LogP contribution in [0.1, 0.15) is 19.5 Å². The first-order chi connectivity index (χ1) is 8.90. The van der Waals surface area contributed by atoms with Crippen LogP contribution >= 0.6 is 15.9 Å². The van der Waals surface area contributed by atoms with E-state index in [1.54, 1.807) is 12.4 Å². The molecule has 102 valence electrons. The van der Waals surface area contributed by atoms with E-state index in [9.17, 15) is 4.79 Å². The molecule has 0 aliphatic carbocycles. The molecule has 0 unspecified atom stereocenters. The van der Waals surface area contributed by atoms with E-state index in [1.165, 1.54) is 0 Å². The Bertz CT molecular complexity index is 607. The molecule has 0 spiro atoms. The molecular weight excluding hydrogens is 310 g/mol. The van der Waals surface area contributed by atoms with Crippen LogP contribution in [0.2, 0.25) is 0 Å². The SMILES string of the molecule is CC(C)(CNCc1cnc2cnc(Br)cn12)C(N)=O. The quantitative estimate of drug-likeness (QED) is 0.861. The Balaban J connectivity index is 2.06. The fourth-order valence-electron chi connectivity index (χ4n) is 1.64. The summed E-state index contributed by atoms with van der Waals surface area (Å²) in [7, 11) is 0. The van der Waals surface area contributed by atoms with Gasteiger partial charge in [0.05, 0.1) is 23.5 Å². The van der Waals surface area contributed by atoms with Crippen molar-refractivity contribution in [1.29, 1.82) is 0 Å². The number of halogens is 1. The van der Waals surface area contributed by atoms with E-state index in [2.05, 4.69) is 31.2 Å². The maximum absolute atomic E-state index is 11.2. The minimum Gasteiger partial charge on any atom is -0.369 e. The fraction of sp³-hybridized carbons (Fsp3) is 0.417. The molecule has 0 aliphatic heterocycles. The first kappa shape index (κ1) is 14.0. The van der Waals surface area contributed by atoms with E-state index in [0.29, 0.717) is 13.1 Å². The normalized spacial score (nSPS) is 11.9. The first-order valence-corrected chi connectivity index (χ1v) is 6.67. The zero-order valence-corrected chi connectivity index (χ0v) is 12.4. The van der Waals surface area contributed by atoms with Gasteiger partial charge in [0, 0.05) is 19.3 Å². The van der Waals surface area contributed by atoms with E-state index in [-0.39, 0.29) is 5.91 Å². The van der Waals surface area contributed by atoms with Gasteiger partial charge in [0.15, 0.2) is 5.65 Å². The lowest BCUT2D eigenvalue weighted by Gasteiger charge is -2.20. The van der Waals surface area contributed by atoms with Crippen LogP contribution in [0.5, 0.6) is 0 Å². The summed E-state index contributed by atoms with van der Waals surface area (Å²) in [5.41, 5.74) is 6.55. The third-order valence-electron chi connectivity index (χ3n) is 2.98. The van der Waals surface area contributed by atoms with E-state index >= 15 is 0 Å². The van der Waals surface area contributed by atoms with Crippen molar-refractivity contribution < 1.29 is 4.79 Å². The molecule has 0 bridgehead atoms. The Kier molecular flexibility index (Phi) is 3.86. The molecule has 2 heterocycles. The second kappa shape index (κ2) is 5.26. The number of nitrogens with two attached hydrogens (primary N) is 1. The Hall–Kier alpha value is -1.47. The zero-order chi connectivity index (χ0) is 14.0. The molecule has 0 aliphatic rings. The van der Waals surface area contributed by atoms with Crippen LogP contribution in [0.15, 0.2) is 23.2 Å². The van der Waals surface area contributed by atoms with Crippen molar-refractivity contribution in [2.45, 2.75) is 20.4 Å². The first-order valence-electron chi connectivity index (χ1n) is 5.88. The molecule has 2 aromatic heterocycles. The summed E-state index contributed by atoms with van der Waals surface area (Å²) < 4.78 is 2.69. The maximum atomic E-state index is 11.2. The van der Waals surface area contributed by atoms with Crippen molar-refractivity contribution in [2.75, 3.05) is 6.54 Å². The molecule has 0 radical (unpaired) electrons. The standard InChI is InChI=1S/C12H16BrN5O/c1-12(2,11(14)19)7-15-3-8-4-17-10-5-16-9(13)6-18(8)10/h4-6,15H,3,7H2,1-2H3,(H2,14,19). The second-order valence-corrected chi connectivity index (χ2v) is 5.85. The van der Waals surface area contributed by atoms with Gasteiger partial charge in [-0.2, -0.15) is 0 Å². The molecule has 0 saturated carbocycles. The minimum atomic E-state index is -0.567. The average molecular weight is 326 g/mol. The number of rotatable bonds is 5. The van der Waals surface area contributed by atoms with E-state index < -0.39 is 5.41 Å². The minimum absolute atomic E-state index is 0.315. The van der Waals surface area contributed by atoms with Crippen molar-refractivity contribution in [1.82, 2.24) is 19.7 Å². The summed E-state index contributed by atoms with van der Waals surface area (Å²) in [6.07, 6.45) is 5.34. The van der Waals surface area contributed by atoms with Gasteiger partial charge in [-0.15, -0.1) is 0 Å². The molecule has 0 aromatic carbocycles. The monoisotopic (exact) mass is 325 g/mol. The highest BCUT2D eigenvalue weighted by Crippen LogP contribution is 2.13. The van der Waals surface area contributed by atoms with Crippen molar-refractivity contribution in [3.8, 4) is 0 Å². The molecule has 7 heteroatoms. The van der Waals surface area contributed by atoms with Crippen molar-refractivity contribution in [2.24, 2.45) is 11.1 Å². The number of amides is 1. The molecular formula is C12H16BrN5O. The Morgan fingerprint density at radius 3 is 2.89 bits per heavy atom. The van der Waals surface area contributed by atoms with Gasteiger partial charge in [-0.25, -0.2) is 9.97 Å². The van der Waals surface area contributed by atoms with Gasteiger partial charge in [0.1, 0.15) is 4.60 Å². The lowest BCUT2D eigenvalue weighted by atomic mass is 9.93. The van der Waals surface area contributed by atoms with Gasteiger partial charge in [0.2, 0.25) is 5.91 Å². The number of nitrogens with one attached hydrogen (secondary N) is 1. The van der Waals surface area contributed by atoms with E-state index in [1.807, 2.05) is 24.4 Å². The Morgan fingerprint density at radius 2 is 2.21 bits per heavy atom. The predicted molar refractivity (Wildman–Crippen MR) is 75.4 cm³/mol. The number of carbonyl (C=O) groups excluding carboxylic acids is 1. The van der Waals surface area contributed by atoms with Crippen LogP contribution in [-0.2, 0) is 11.3 Å². The third-order valence-corrected chi connectivity index (χ3v) is 3.39. The van der Waals surface area contributed by atoms with E-state index in [4.69, 9.17) is 5.73 Å². The van der Waals surface area contributed by atoms with Gasteiger partial charge in [-0.1, -0.05) is 0 Å². The van der Waals surface area contributed by atoms with Crippen molar-refractivity contribution in [3.05, 3.63) is 28.9 Å². The number of aromatic nitrogens is 3. The highest BCUT2D eigenvalue weighted by Gasteiger charge is 2.24. The molecule has 3 N–H and O–H groups in total. The van der Waals surface area contributed by atoms with Crippen molar-refractivity contribution in [3.63, 3.8) is 0 Å². The molecule has 0 atom stereocenters. The molecule has 1 amide bonds. The van der Waals surface area contributed by atoms with Crippen LogP contribution in [-0.4, -0.2) is 26.8 Å². The molecule has 2 rings (SSSR count). The van der Waals surface area contributed by atoms with E-state index in [0.717, 1.165) is 15.9 Å². The second-order valence-electron chi connectivity index (χ2n) is 5.04. The summed E-state index contributed by atoms with van der Waals surface area (Å²) in [6.45, 7) is 4.75. The molecule has 2 aromatic rings. The summed E-state index contributed by atoms with van der Waals surface area (Å²) in [5.74, 6) is -0.315. The van der Waals surface area contributed by atoms with Crippen LogP contribution in [0.25, 0.3) is 5.65 Å². The topological polar surface area (TPSA) is 85.3 Å². The smallest absolute Gasteiger partial charge is 0.224 e. The summed E-state index contributed by atoms with van der Waals surface area (Å²) >= 11 is 3.33. The summed E-state index contributed by atoms with van der Waals surface area (Å²) in [4.78, 5) is 19.6. The number of carbonyl (C=O) groups is 1. The lowest BCUT2D eigenvalue weighted by molar-refractivity contribution is -0.125. The summed E-state index contributed by atoms with van der Waals surface area (Å²) in [5, 5.41) is 3.22. The fourth-order valence-corrected chi connectivity index (χ4v) is 1.94. The molecule has 0 saturated heterocycles. The predicted octanol–water partition coefficient (Wildman–Crippen LogP) is 1.09. The Labute approximate surface area is 119 Å². The largest absolute Gasteiger partial charge is 0.369 e. The highest BCUT2D eigenvalue weighted by atomic mass is 79.9. The van der Waals surface area contributed by atoms with Crippen LogP contribution < -0.4 is 11.1 Å². The van der Waals surface area contributed by atoms with Gasteiger partial charge in [-0.3, -0.25) is 9.20 Å². The lowest BCUT2D eigenvalue weighted by Crippen LogP contribution is -2.40. The summed E-state index contributed by atoms with van der Waals surface area (Å²) in [6, 6.07) is 0. The molecule has 6 nitrogen and oxygen atoms in total. The van der Waals surface area contributed by atoms with Crippen LogP contribution in [0, 0.1) is 5.41 Å². The maximum Gasteiger partial charge on any atom is 0.224 e. The number of nitrogens with zero attached hydrogens (tertiary/aromatic N) is 3. The third kappa shape index (κ3) is 3.10. The van der Waals surface area contributed by atoms with Crippen molar-refractivity contribution >= 4 is 27.5 Å². The number of fused-ring (bicyclic) bond motifs is 1. The molecule has 19 heavy (non-hydrogen) atoms. The van der Waals surface area contributed by atoms with Gasteiger partial charge >= 0.3 is 0 Å².